The highest BCUT2D eigenvalue weighted by Crippen LogP contribution is 2.37. The Morgan fingerprint density at radius 3 is 2.88 bits per heavy atom. The van der Waals surface area contributed by atoms with Crippen molar-refractivity contribution in [2.24, 2.45) is 0 Å². The van der Waals surface area contributed by atoms with Gasteiger partial charge in [0.05, 0.1) is 12.2 Å². The fourth-order valence-corrected chi connectivity index (χ4v) is 2.01. The molecule has 17 heavy (non-hydrogen) atoms. The number of hydrogen-bond donors (Lipinski definition) is 1. The Bertz CT molecular complexity index is 583. The third-order valence-electron chi connectivity index (χ3n) is 2.80. The Kier molecular flexibility index (Phi) is 2.14. The van der Waals surface area contributed by atoms with Gasteiger partial charge in [0, 0.05) is 6.42 Å². The van der Waals surface area contributed by atoms with E-state index in [1.54, 1.807) is 6.07 Å². The van der Waals surface area contributed by atoms with E-state index in [0.717, 1.165) is 23.3 Å². The molecule has 1 aromatic carbocycles. The highest BCUT2D eigenvalue weighted by atomic mass is 16.5. The third kappa shape index (κ3) is 1.58. The Balaban J connectivity index is 2.09. The van der Waals surface area contributed by atoms with E-state index in [-0.39, 0.29) is 5.76 Å². The summed E-state index contributed by atoms with van der Waals surface area (Å²) >= 11 is 0. The second-order valence-electron chi connectivity index (χ2n) is 3.86. The molecule has 2 heterocycles. The number of para-hydroxylation sites is 1. The first-order chi connectivity index (χ1) is 8.25. The molecule has 0 atom stereocenters. The minimum absolute atomic E-state index is 0.0596. The number of carboxylic acid groups (broad SMARTS) is 1. The molecule has 4 heteroatoms. The van der Waals surface area contributed by atoms with Gasteiger partial charge in [0.25, 0.3) is 0 Å². The summed E-state index contributed by atoms with van der Waals surface area (Å²) in [5.41, 5.74) is 1.95. The summed E-state index contributed by atoms with van der Waals surface area (Å²) in [6, 6.07) is 8.90. The van der Waals surface area contributed by atoms with Gasteiger partial charge in [-0.2, -0.15) is 0 Å². The summed E-state index contributed by atoms with van der Waals surface area (Å²) in [6.45, 7) is 0.666. The van der Waals surface area contributed by atoms with Gasteiger partial charge in [-0.25, -0.2) is 4.79 Å². The van der Waals surface area contributed by atoms with Crippen LogP contribution in [0.3, 0.4) is 0 Å². The van der Waals surface area contributed by atoms with E-state index in [9.17, 15) is 4.79 Å². The van der Waals surface area contributed by atoms with Crippen molar-refractivity contribution < 1.29 is 19.1 Å². The minimum Gasteiger partial charge on any atom is -0.492 e. The van der Waals surface area contributed by atoms with Crippen LogP contribution >= 0.6 is 0 Å². The number of fused-ring (bicyclic) bond motifs is 1. The van der Waals surface area contributed by atoms with Crippen LogP contribution < -0.4 is 4.74 Å². The van der Waals surface area contributed by atoms with E-state index in [1.165, 1.54) is 6.07 Å². The van der Waals surface area contributed by atoms with Gasteiger partial charge in [-0.15, -0.1) is 0 Å². The lowest BCUT2D eigenvalue weighted by molar-refractivity contribution is 0.0663. The van der Waals surface area contributed by atoms with Crippen LogP contribution in [0.1, 0.15) is 16.1 Å². The highest BCUT2D eigenvalue weighted by Gasteiger charge is 2.19. The average Bonchev–Trinajstić information content (AvgIpc) is 2.97. The number of rotatable bonds is 2. The molecule has 0 bridgehead atoms. The Hall–Kier alpha value is -2.23. The number of aromatic carboxylic acids is 1. The molecule has 0 saturated carbocycles. The molecule has 2 aromatic rings. The van der Waals surface area contributed by atoms with Gasteiger partial charge in [0.15, 0.2) is 0 Å². The van der Waals surface area contributed by atoms with Gasteiger partial charge in [-0.1, -0.05) is 12.1 Å². The molecule has 0 radical (unpaired) electrons. The zero-order valence-electron chi connectivity index (χ0n) is 8.97. The van der Waals surface area contributed by atoms with Gasteiger partial charge in [0.1, 0.15) is 11.5 Å². The molecule has 0 fully saturated rings. The van der Waals surface area contributed by atoms with Crippen molar-refractivity contribution in [3.8, 4) is 17.1 Å². The topological polar surface area (TPSA) is 59.7 Å². The predicted molar refractivity (Wildman–Crippen MR) is 60.3 cm³/mol. The summed E-state index contributed by atoms with van der Waals surface area (Å²) in [4.78, 5) is 10.8. The molecule has 1 aliphatic heterocycles. The molecule has 1 aromatic heterocycles. The Morgan fingerprint density at radius 2 is 2.12 bits per heavy atom. The van der Waals surface area contributed by atoms with Gasteiger partial charge in [-0.05, 0) is 23.8 Å². The molecule has 4 nitrogen and oxygen atoms in total. The Labute approximate surface area is 97.4 Å². The van der Waals surface area contributed by atoms with Crippen molar-refractivity contribution in [3.05, 3.63) is 41.7 Å². The van der Waals surface area contributed by atoms with Crippen LogP contribution in [-0.2, 0) is 6.42 Å². The van der Waals surface area contributed by atoms with E-state index in [4.69, 9.17) is 14.3 Å². The van der Waals surface area contributed by atoms with E-state index >= 15 is 0 Å². The maximum Gasteiger partial charge on any atom is 0.371 e. The monoisotopic (exact) mass is 230 g/mol. The van der Waals surface area contributed by atoms with E-state index < -0.39 is 5.97 Å². The number of hydrogen-bond acceptors (Lipinski definition) is 3. The van der Waals surface area contributed by atoms with Crippen LogP contribution in [0.5, 0.6) is 5.75 Å². The lowest BCUT2D eigenvalue weighted by atomic mass is 10.1. The van der Waals surface area contributed by atoms with Crippen LogP contribution in [0.4, 0.5) is 0 Å². The average molecular weight is 230 g/mol. The molecule has 0 amide bonds. The van der Waals surface area contributed by atoms with Crippen LogP contribution in [0.15, 0.2) is 34.7 Å². The number of furan rings is 1. The van der Waals surface area contributed by atoms with E-state index in [0.29, 0.717) is 12.4 Å². The van der Waals surface area contributed by atoms with Crippen LogP contribution in [-0.4, -0.2) is 17.7 Å². The maximum atomic E-state index is 10.8. The standard InChI is InChI=1S/C13H10O4/c14-13(15)11-5-4-10(17-11)9-3-1-2-8-6-7-16-12(8)9/h1-5H,6-7H2,(H,14,15). The molecule has 86 valence electrons. The predicted octanol–water partition coefficient (Wildman–Crippen LogP) is 2.58. The van der Waals surface area contributed by atoms with Crippen LogP contribution in [0, 0.1) is 0 Å². The van der Waals surface area contributed by atoms with E-state index in [2.05, 4.69) is 0 Å². The van der Waals surface area contributed by atoms with Crippen molar-refractivity contribution in [2.45, 2.75) is 6.42 Å². The molecular weight excluding hydrogens is 220 g/mol. The number of carbonyl (C=O) groups is 1. The Morgan fingerprint density at radius 1 is 1.24 bits per heavy atom. The van der Waals surface area contributed by atoms with Gasteiger partial charge in [0.2, 0.25) is 5.76 Å². The second-order valence-corrected chi connectivity index (χ2v) is 3.86. The van der Waals surface area contributed by atoms with Crippen molar-refractivity contribution in [1.29, 1.82) is 0 Å². The van der Waals surface area contributed by atoms with Crippen LogP contribution in [0.25, 0.3) is 11.3 Å². The van der Waals surface area contributed by atoms with Gasteiger partial charge in [-0.3, -0.25) is 0 Å². The molecule has 0 aliphatic carbocycles. The summed E-state index contributed by atoms with van der Waals surface area (Å²) in [5, 5.41) is 8.81. The first kappa shape index (κ1) is 9.96. The summed E-state index contributed by atoms with van der Waals surface area (Å²) in [5.74, 6) is 0.209. The fourth-order valence-electron chi connectivity index (χ4n) is 2.01. The molecule has 0 saturated heterocycles. The van der Waals surface area contributed by atoms with Crippen molar-refractivity contribution in [3.63, 3.8) is 0 Å². The lowest BCUT2D eigenvalue weighted by Gasteiger charge is -2.04. The molecule has 0 unspecified atom stereocenters. The number of carboxylic acids is 1. The normalized spacial score (nSPS) is 13.2. The largest absolute Gasteiger partial charge is 0.492 e. The molecule has 0 spiro atoms. The minimum atomic E-state index is -1.07. The lowest BCUT2D eigenvalue weighted by Crippen LogP contribution is -1.91. The third-order valence-corrected chi connectivity index (χ3v) is 2.80. The first-order valence-electron chi connectivity index (χ1n) is 5.34. The van der Waals surface area contributed by atoms with Crippen LogP contribution in [0.2, 0.25) is 0 Å². The molecule has 3 rings (SSSR count). The zero-order valence-corrected chi connectivity index (χ0v) is 8.97. The fraction of sp³-hybridized carbons (Fsp3) is 0.154. The van der Waals surface area contributed by atoms with Gasteiger partial charge >= 0.3 is 5.97 Å². The SMILES string of the molecule is O=C(O)c1ccc(-c2cccc3c2OCC3)o1. The van der Waals surface area contributed by atoms with E-state index in [1.807, 2.05) is 18.2 Å². The van der Waals surface area contributed by atoms with Crippen molar-refractivity contribution >= 4 is 5.97 Å². The van der Waals surface area contributed by atoms with Crippen molar-refractivity contribution in [2.75, 3.05) is 6.61 Å². The molecule has 1 aliphatic rings. The zero-order chi connectivity index (χ0) is 11.8. The highest BCUT2D eigenvalue weighted by molar-refractivity contribution is 5.85. The quantitative estimate of drug-likeness (QED) is 0.861. The summed E-state index contributed by atoms with van der Waals surface area (Å²) in [6.07, 6.45) is 0.885. The maximum absolute atomic E-state index is 10.8. The van der Waals surface area contributed by atoms with Gasteiger partial charge < -0.3 is 14.3 Å². The molecule has 1 N–H and O–H groups in total. The second kappa shape index (κ2) is 3.66. The first-order valence-corrected chi connectivity index (χ1v) is 5.34. The van der Waals surface area contributed by atoms with Crippen molar-refractivity contribution in [1.82, 2.24) is 0 Å². The molecular formula is C13H10O4. The number of benzene rings is 1. The number of ether oxygens (including phenoxy) is 1. The summed E-state index contributed by atoms with van der Waals surface area (Å²) in [7, 11) is 0. The smallest absolute Gasteiger partial charge is 0.371 e. The summed E-state index contributed by atoms with van der Waals surface area (Å²) < 4.78 is 10.8.